The van der Waals surface area contributed by atoms with Crippen LogP contribution in [0.5, 0.6) is 5.75 Å². The second-order valence-electron chi connectivity index (χ2n) is 9.08. The molecular formula is C28H41NO2. The summed E-state index contributed by atoms with van der Waals surface area (Å²) in [5, 5.41) is 12.2. The van der Waals surface area contributed by atoms with Crippen molar-refractivity contribution in [3.63, 3.8) is 0 Å². The van der Waals surface area contributed by atoms with Gasteiger partial charge in [-0.1, -0.05) is 82.0 Å². The number of hydrogen-bond donors (Lipinski definition) is 1. The highest BCUT2D eigenvalue weighted by molar-refractivity contribution is 5.35. The van der Waals surface area contributed by atoms with E-state index in [1.165, 1.54) is 37.7 Å². The Morgan fingerprint density at radius 1 is 0.903 bits per heavy atom. The van der Waals surface area contributed by atoms with Gasteiger partial charge in [0.25, 0.3) is 0 Å². The lowest BCUT2D eigenvalue weighted by Crippen LogP contribution is -2.42. The van der Waals surface area contributed by atoms with Crippen LogP contribution in [0, 0.1) is 0 Å². The van der Waals surface area contributed by atoms with Crippen molar-refractivity contribution in [1.82, 2.24) is 4.90 Å². The molecule has 0 bridgehead atoms. The molecule has 1 fully saturated rings. The average molecular weight is 424 g/mol. The molecule has 31 heavy (non-hydrogen) atoms. The maximum absolute atomic E-state index is 12.2. The van der Waals surface area contributed by atoms with E-state index < -0.39 is 5.60 Å². The minimum atomic E-state index is -0.895. The summed E-state index contributed by atoms with van der Waals surface area (Å²) >= 11 is 0. The van der Waals surface area contributed by atoms with Crippen LogP contribution in [0.4, 0.5) is 0 Å². The van der Waals surface area contributed by atoms with Gasteiger partial charge >= 0.3 is 0 Å². The lowest BCUT2D eigenvalue weighted by molar-refractivity contribution is -0.0152. The van der Waals surface area contributed by atoms with Crippen molar-refractivity contribution in [2.45, 2.75) is 76.7 Å². The van der Waals surface area contributed by atoms with Crippen LogP contribution in [0.2, 0.25) is 0 Å². The largest absolute Gasteiger partial charge is 0.494 e. The summed E-state index contributed by atoms with van der Waals surface area (Å²) < 4.78 is 5.91. The summed E-state index contributed by atoms with van der Waals surface area (Å²) in [5.41, 5.74) is 1.33. The molecule has 2 aromatic rings. The number of aliphatic hydroxyl groups is 1. The Kier molecular flexibility index (Phi) is 9.42. The van der Waals surface area contributed by atoms with Crippen molar-refractivity contribution in [1.29, 1.82) is 0 Å². The molecule has 2 atom stereocenters. The van der Waals surface area contributed by atoms with Gasteiger partial charge in [0.2, 0.25) is 0 Å². The zero-order chi connectivity index (χ0) is 21.9. The van der Waals surface area contributed by atoms with Gasteiger partial charge in [-0.05, 0) is 62.0 Å². The van der Waals surface area contributed by atoms with E-state index >= 15 is 0 Å². The van der Waals surface area contributed by atoms with Crippen molar-refractivity contribution < 1.29 is 9.84 Å². The van der Waals surface area contributed by atoms with Crippen molar-refractivity contribution >= 4 is 0 Å². The molecule has 1 N–H and O–H groups in total. The van der Waals surface area contributed by atoms with Gasteiger partial charge in [-0.25, -0.2) is 0 Å². The molecule has 1 aliphatic rings. The first kappa shape index (κ1) is 23.8. The molecular weight excluding hydrogens is 382 g/mol. The Bertz CT molecular complexity index is 739. The summed E-state index contributed by atoms with van der Waals surface area (Å²) in [6, 6.07) is 18.8. The number of rotatable bonds is 12. The summed E-state index contributed by atoms with van der Waals surface area (Å²) in [5.74, 6) is 0.939. The zero-order valence-electron chi connectivity index (χ0n) is 19.6. The molecule has 0 saturated carbocycles. The van der Waals surface area contributed by atoms with Gasteiger partial charge < -0.3 is 14.7 Å². The van der Waals surface area contributed by atoms with Crippen LogP contribution in [0.15, 0.2) is 54.6 Å². The number of likely N-dealkylation sites (tertiary alicyclic amines) is 1. The maximum atomic E-state index is 12.2. The smallest absolute Gasteiger partial charge is 0.119 e. The van der Waals surface area contributed by atoms with Gasteiger partial charge in [-0.15, -0.1) is 0 Å². The molecule has 0 radical (unpaired) electrons. The first-order chi connectivity index (χ1) is 15.2. The van der Waals surface area contributed by atoms with E-state index in [0.29, 0.717) is 0 Å². The topological polar surface area (TPSA) is 32.7 Å². The number of unbranched alkanes of at least 4 members (excludes halogenated alkanes) is 2. The van der Waals surface area contributed by atoms with Gasteiger partial charge in [0.05, 0.1) is 12.2 Å². The third-order valence-corrected chi connectivity index (χ3v) is 6.67. The van der Waals surface area contributed by atoms with E-state index in [2.05, 4.69) is 61.2 Å². The molecule has 1 aliphatic heterocycles. The number of piperidine rings is 1. The van der Waals surface area contributed by atoms with Gasteiger partial charge in [-0.2, -0.15) is 0 Å². The molecule has 1 saturated heterocycles. The average Bonchev–Trinajstić information content (AvgIpc) is 2.82. The summed E-state index contributed by atoms with van der Waals surface area (Å²) in [4.78, 5) is 2.55. The zero-order valence-corrected chi connectivity index (χ0v) is 19.6. The van der Waals surface area contributed by atoms with E-state index in [4.69, 9.17) is 4.74 Å². The summed E-state index contributed by atoms with van der Waals surface area (Å²) in [6.07, 6.45) is 9.02. The van der Waals surface area contributed by atoms with Crippen molar-refractivity contribution in [3.05, 3.63) is 65.7 Å². The maximum Gasteiger partial charge on any atom is 0.119 e. The van der Waals surface area contributed by atoms with E-state index in [9.17, 15) is 5.11 Å². The minimum absolute atomic E-state index is 0.0445. The third-order valence-electron chi connectivity index (χ3n) is 6.67. The van der Waals surface area contributed by atoms with Gasteiger partial charge in [-0.3, -0.25) is 0 Å². The SMILES string of the molecule is CCCCCOc1ccc(C(O)(CCC)C(CN2CCCCC2)c2ccccc2)cc1. The molecule has 2 unspecified atom stereocenters. The van der Waals surface area contributed by atoms with E-state index in [0.717, 1.165) is 56.8 Å². The Labute approximate surface area is 189 Å². The van der Waals surface area contributed by atoms with E-state index in [1.54, 1.807) is 0 Å². The fourth-order valence-electron chi connectivity index (χ4n) is 4.90. The van der Waals surface area contributed by atoms with Crippen LogP contribution < -0.4 is 4.74 Å². The molecule has 3 rings (SSSR count). The lowest BCUT2D eigenvalue weighted by Gasteiger charge is -2.41. The first-order valence-electron chi connectivity index (χ1n) is 12.4. The fourth-order valence-corrected chi connectivity index (χ4v) is 4.90. The van der Waals surface area contributed by atoms with Crippen LogP contribution in [0.25, 0.3) is 0 Å². The van der Waals surface area contributed by atoms with E-state index in [-0.39, 0.29) is 5.92 Å². The first-order valence-corrected chi connectivity index (χ1v) is 12.4. The third kappa shape index (κ3) is 6.57. The highest BCUT2D eigenvalue weighted by Crippen LogP contribution is 2.42. The second-order valence-corrected chi connectivity index (χ2v) is 9.08. The minimum Gasteiger partial charge on any atom is -0.494 e. The van der Waals surface area contributed by atoms with Crippen molar-refractivity contribution in [2.75, 3.05) is 26.2 Å². The molecule has 0 aliphatic carbocycles. The monoisotopic (exact) mass is 423 g/mol. The standard InChI is InChI=1S/C28H41NO2/c1-3-5-12-22-31-26-17-15-25(16-18-26)28(30,19-4-2)27(24-13-8-6-9-14-24)23-29-20-10-7-11-21-29/h6,8-9,13-18,27,30H,3-5,7,10-12,19-23H2,1-2H3. The van der Waals surface area contributed by atoms with Crippen molar-refractivity contribution in [2.24, 2.45) is 0 Å². The highest BCUT2D eigenvalue weighted by atomic mass is 16.5. The Morgan fingerprint density at radius 2 is 1.61 bits per heavy atom. The molecule has 3 nitrogen and oxygen atoms in total. The van der Waals surface area contributed by atoms with Crippen LogP contribution in [0.3, 0.4) is 0 Å². The van der Waals surface area contributed by atoms with Gasteiger partial charge in [0, 0.05) is 12.5 Å². The molecule has 0 amide bonds. The van der Waals surface area contributed by atoms with Gasteiger partial charge in [0.15, 0.2) is 0 Å². The summed E-state index contributed by atoms with van der Waals surface area (Å²) in [6.45, 7) is 8.30. The fraction of sp³-hybridized carbons (Fsp3) is 0.571. The number of hydrogen-bond acceptors (Lipinski definition) is 3. The Hall–Kier alpha value is -1.84. The Balaban J connectivity index is 1.85. The molecule has 3 heteroatoms. The second kappa shape index (κ2) is 12.3. The molecule has 170 valence electrons. The number of benzene rings is 2. The van der Waals surface area contributed by atoms with Crippen LogP contribution >= 0.6 is 0 Å². The van der Waals surface area contributed by atoms with E-state index in [1.807, 2.05) is 12.1 Å². The summed E-state index contributed by atoms with van der Waals surface area (Å²) in [7, 11) is 0. The van der Waals surface area contributed by atoms with Crippen LogP contribution in [-0.4, -0.2) is 36.2 Å². The quantitative estimate of drug-likeness (QED) is 0.395. The van der Waals surface area contributed by atoms with Crippen LogP contribution in [-0.2, 0) is 5.60 Å². The predicted octanol–water partition coefficient (Wildman–Crippen LogP) is 6.51. The van der Waals surface area contributed by atoms with Gasteiger partial charge in [0.1, 0.15) is 5.75 Å². The predicted molar refractivity (Wildman–Crippen MR) is 130 cm³/mol. The molecule has 0 aromatic heterocycles. The van der Waals surface area contributed by atoms with Crippen LogP contribution in [0.1, 0.15) is 82.3 Å². The number of ether oxygens (including phenoxy) is 1. The normalized spacial score (nSPS) is 17.8. The molecule has 1 heterocycles. The number of nitrogens with zero attached hydrogens (tertiary/aromatic N) is 1. The Morgan fingerprint density at radius 3 is 2.26 bits per heavy atom. The highest BCUT2D eigenvalue weighted by Gasteiger charge is 2.39. The van der Waals surface area contributed by atoms with Crippen molar-refractivity contribution in [3.8, 4) is 5.75 Å². The lowest BCUT2D eigenvalue weighted by atomic mass is 9.74. The molecule has 0 spiro atoms. The molecule has 2 aromatic carbocycles.